The van der Waals surface area contributed by atoms with Crippen LogP contribution in [0.4, 0.5) is 5.82 Å². The van der Waals surface area contributed by atoms with Gasteiger partial charge in [-0.25, -0.2) is 15.1 Å². The molecule has 1 aromatic carbocycles. The number of anilines is 1. The van der Waals surface area contributed by atoms with Gasteiger partial charge in [0.1, 0.15) is 24.0 Å². The van der Waals surface area contributed by atoms with Gasteiger partial charge in [-0.05, 0) is 49.8 Å². The number of fused-ring (bicyclic) bond motifs is 1. The van der Waals surface area contributed by atoms with Crippen LogP contribution in [0.2, 0.25) is 0 Å². The quantitative estimate of drug-likeness (QED) is 0.419. The van der Waals surface area contributed by atoms with Crippen molar-refractivity contribution in [3.05, 3.63) is 69.3 Å². The van der Waals surface area contributed by atoms with Crippen LogP contribution >= 0.6 is 11.3 Å². The molecule has 3 aromatic rings. The molecule has 1 fully saturated rings. The summed E-state index contributed by atoms with van der Waals surface area (Å²) in [4.78, 5) is 23.5. The summed E-state index contributed by atoms with van der Waals surface area (Å²) in [5.74, 6) is 1.10. The molecule has 36 heavy (non-hydrogen) atoms. The summed E-state index contributed by atoms with van der Waals surface area (Å²) < 4.78 is 38.4. The maximum Gasteiger partial charge on any atom is 0.333 e. The van der Waals surface area contributed by atoms with E-state index < -0.39 is 10.3 Å². The molecule has 3 atom stereocenters. The molecular formula is C24H26N4O6S2. The number of nitrogens with one attached hydrogen (secondary N) is 1. The average Bonchev–Trinajstić information content (AvgIpc) is 3.48. The Morgan fingerprint density at radius 1 is 1.28 bits per heavy atom. The number of ether oxygens (including phenoxy) is 2. The van der Waals surface area contributed by atoms with Crippen molar-refractivity contribution < 1.29 is 26.9 Å². The van der Waals surface area contributed by atoms with Gasteiger partial charge in [-0.3, -0.25) is 8.98 Å². The lowest BCUT2D eigenvalue weighted by Crippen LogP contribution is -2.22. The number of hydrogen-bond acceptors (Lipinski definition) is 10. The van der Waals surface area contributed by atoms with Crippen molar-refractivity contribution in [1.82, 2.24) is 9.97 Å². The number of benzene rings is 1. The van der Waals surface area contributed by atoms with Crippen molar-refractivity contribution in [3.63, 3.8) is 0 Å². The third-order valence-corrected chi connectivity index (χ3v) is 7.95. The maximum atomic E-state index is 13.5. The lowest BCUT2D eigenvalue weighted by molar-refractivity contribution is -0.0419. The Morgan fingerprint density at radius 3 is 2.94 bits per heavy atom. The van der Waals surface area contributed by atoms with Gasteiger partial charge in [-0.1, -0.05) is 18.2 Å². The van der Waals surface area contributed by atoms with Crippen molar-refractivity contribution in [3.8, 4) is 5.75 Å². The highest BCUT2D eigenvalue weighted by Gasteiger charge is 2.30. The van der Waals surface area contributed by atoms with E-state index in [0.29, 0.717) is 22.7 Å². The third-order valence-electron chi connectivity index (χ3n) is 6.42. The molecule has 1 aliphatic heterocycles. The van der Waals surface area contributed by atoms with Gasteiger partial charge in [-0.15, -0.1) is 11.3 Å². The summed E-state index contributed by atoms with van der Waals surface area (Å²) in [5, 5.41) is 8.27. The Labute approximate surface area is 213 Å². The molecule has 190 valence electrons. The van der Waals surface area contributed by atoms with Crippen molar-refractivity contribution >= 4 is 33.2 Å². The van der Waals surface area contributed by atoms with Crippen LogP contribution in [0.1, 0.15) is 56.6 Å². The molecule has 3 N–H and O–H groups in total. The predicted octanol–water partition coefficient (Wildman–Crippen LogP) is 3.33. The number of carbonyl (C=O) groups is 1. The van der Waals surface area contributed by atoms with Crippen LogP contribution in [0.3, 0.4) is 0 Å². The highest BCUT2D eigenvalue weighted by Crippen LogP contribution is 2.40. The lowest BCUT2D eigenvalue weighted by atomic mass is 9.99. The zero-order chi connectivity index (χ0) is 25.3. The van der Waals surface area contributed by atoms with E-state index in [9.17, 15) is 13.2 Å². The minimum absolute atomic E-state index is 0.0216. The summed E-state index contributed by atoms with van der Waals surface area (Å²) in [6.07, 6.45) is 4.85. The fourth-order valence-corrected chi connectivity index (χ4v) is 6.08. The van der Waals surface area contributed by atoms with E-state index >= 15 is 0 Å². The number of carbonyl (C=O) groups excluding carboxylic acids is 1. The molecule has 0 spiro atoms. The largest absolute Gasteiger partial charge is 0.467 e. The van der Waals surface area contributed by atoms with Crippen LogP contribution in [0.25, 0.3) is 0 Å². The van der Waals surface area contributed by atoms with Crippen molar-refractivity contribution in [1.29, 1.82) is 0 Å². The summed E-state index contributed by atoms with van der Waals surface area (Å²) in [7, 11) is -3.96. The highest BCUT2D eigenvalue weighted by molar-refractivity contribution is 7.84. The molecule has 1 aliphatic carbocycles. The molecule has 1 saturated carbocycles. The Hall–Kier alpha value is -2.90. The summed E-state index contributed by atoms with van der Waals surface area (Å²) in [6.45, 7) is 2.16. The smallest absolute Gasteiger partial charge is 0.333 e. The number of aryl methyl sites for hydroxylation is 1. The highest BCUT2D eigenvalue weighted by atomic mass is 32.2. The normalized spacial score (nSPS) is 21.6. The second-order valence-electron chi connectivity index (χ2n) is 8.88. The second-order valence-corrected chi connectivity index (χ2v) is 11.4. The number of rotatable bonds is 8. The van der Waals surface area contributed by atoms with E-state index in [-0.39, 0.29) is 37.2 Å². The molecule has 2 unspecified atom stereocenters. The molecule has 5 rings (SSSR count). The van der Waals surface area contributed by atoms with Crippen molar-refractivity contribution in [2.24, 2.45) is 11.1 Å². The van der Waals surface area contributed by atoms with Crippen LogP contribution in [0.5, 0.6) is 5.75 Å². The first-order chi connectivity index (χ1) is 17.3. The SMILES string of the molecule is Cc1sc(C(=O)c2cncnc2N[C@H]2CCC(COS(N)(=O)=O)C2)cc1C1OCOc2ccccc21. The fraction of sp³-hybridized carbons (Fsp3) is 0.375. The monoisotopic (exact) mass is 530 g/mol. The molecule has 2 aromatic heterocycles. The van der Waals surface area contributed by atoms with E-state index in [0.717, 1.165) is 34.6 Å². The minimum atomic E-state index is -3.96. The first kappa shape index (κ1) is 24.8. The zero-order valence-electron chi connectivity index (χ0n) is 19.5. The third kappa shape index (κ3) is 5.42. The number of nitrogens with two attached hydrogens (primary N) is 1. The Balaban J connectivity index is 1.33. The van der Waals surface area contributed by atoms with Gasteiger partial charge in [0, 0.05) is 22.7 Å². The summed E-state index contributed by atoms with van der Waals surface area (Å²) in [6, 6.07) is 9.63. The number of para-hydroxylation sites is 1. The molecule has 0 saturated heterocycles. The van der Waals surface area contributed by atoms with Gasteiger partial charge in [0.25, 0.3) is 0 Å². The van der Waals surface area contributed by atoms with E-state index in [1.165, 1.54) is 23.9 Å². The van der Waals surface area contributed by atoms with Crippen LogP contribution in [0.15, 0.2) is 42.9 Å². The zero-order valence-corrected chi connectivity index (χ0v) is 21.2. The van der Waals surface area contributed by atoms with Gasteiger partial charge in [-0.2, -0.15) is 8.42 Å². The van der Waals surface area contributed by atoms with Crippen molar-refractivity contribution in [2.45, 2.75) is 38.3 Å². The maximum absolute atomic E-state index is 13.5. The number of nitrogens with zero attached hydrogens (tertiary/aromatic N) is 2. The number of ketones is 1. The van der Waals surface area contributed by atoms with Gasteiger partial charge in [0.2, 0.25) is 5.78 Å². The first-order valence-electron chi connectivity index (χ1n) is 11.5. The lowest BCUT2D eigenvalue weighted by Gasteiger charge is -2.26. The summed E-state index contributed by atoms with van der Waals surface area (Å²) in [5.41, 5.74) is 2.23. The second kappa shape index (κ2) is 10.2. The van der Waals surface area contributed by atoms with Gasteiger partial charge in [0.05, 0.1) is 17.0 Å². The first-order valence-corrected chi connectivity index (χ1v) is 13.8. The Bertz CT molecular complexity index is 1380. The van der Waals surface area contributed by atoms with Gasteiger partial charge >= 0.3 is 10.3 Å². The molecule has 2 aliphatic rings. The van der Waals surface area contributed by atoms with Crippen LogP contribution in [-0.2, 0) is 19.2 Å². The van der Waals surface area contributed by atoms with Crippen molar-refractivity contribution in [2.75, 3.05) is 18.7 Å². The Morgan fingerprint density at radius 2 is 2.11 bits per heavy atom. The van der Waals surface area contributed by atoms with E-state index in [4.69, 9.17) is 18.8 Å². The topological polar surface area (TPSA) is 143 Å². The minimum Gasteiger partial charge on any atom is -0.467 e. The number of aromatic nitrogens is 2. The molecule has 0 radical (unpaired) electrons. The molecule has 12 heteroatoms. The average molecular weight is 531 g/mol. The molecular weight excluding hydrogens is 504 g/mol. The summed E-state index contributed by atoms with van der Waals surface area (Å²) >= 11 is 1.41. The van der Waals surface area contributed by atoms with E-state index in [2.05, 4.69) is 15.3 Å². The van der Waals surface area contributed by atoms with E-state index in [1.807, 2.05) is 37.3 Å². The molecule has 0 amide bonds. The van der Waals surface area contributed by atoms with Gasteiger partial charge in [0.15, 0.2) is 6.79 Å². The predicted molar refractivity (Wildman–Crippen MR) is 133 cm³/mol. The van der Waals surface area contributed by atoms with Crippen LogP contribution < -0.4 is 15.2 Å². The molecule has 10 nitrogen and oxygen atoms in total. The number of thiophene rings is 1. The molecule has 3 heterocycles. The van der Waals surface area contributed by atoms with Gasteiger partial charge < -0.3 is 14.8 Å². The van der Waals surface area contributed by atoms with Crippen LogP contribution in [0, 0.1) is 12.8 Å². The standard InChI is InChI=1S/C24H26N4O6S2/c1-14-18(23-17-4-2-3-5-20(17)32-13-33-23)9-21(35-14)22(29)19-10-26-12-27-24(19)28-16-7-6-15(8-16)11-34-36(25,30)31/h2-5,9-10,12,15-16,23H,6-8,11,13H2,1H3,(H2,25,30,31)(H,26,27,28)/t15?,16-,23?/m0/s1. The Kier molecular flexibility index (Phi) is 7.04. The van der Waals surface area contributed by atoms with E-state index in [1.54, 1.807) is 0 Å². The molecule has 0 bridgehead atoms. The number of hydrogen-bond donors (Lipinski definition) is 2. The van der Waals surface area contributed by atoms with Crippen LogP contribution in [-0.4, -0.2) is 43.6 Å². The fourth-order valence-electron chi connectivity index (χ4n) is 4.69.